The van der Waals surface area contributed by atoms with Gasteiger partial charge in [0, 0.05) is 46.5 Å². The molecule has 8 rings (SSSR count). The molecule has 0 amide bonds. The summed E-state index contributed by atoms with van der Waals surface area (Å²) in [5.74, 6) is 0.922. The Labute approximate surface area is 319 Å². The number of rotatable bonds is 9. The van der Waals surface area contributed by atoms with Crippen molar-refractivity contribution in [1.82, 2.24) is 0 Å². The summed E-state index contributed by atoms with van der Waals surface area (Å²) in [4.78, 5) is 10.7. The second kappa shape index (κ2) is 14.9. The first kappa shape index (κ1) is 35.3. The molecule has 2 N–H and O–H groups in total. The molecule has 0 aromatic heterocycles. The Balaban J connectivity index is 1.24. The van der Waals surface area contributed by atoms with Gasteiger partial charge in [0.15, 0.2) is 0 Å². The summed E-state index contributed by atoms with van der Waals surface area (Å²) in [6.07, 6.45) is 7.53. The summed E-state index contributed by atoms with van der Waals surface area (Å²) in [5, 5.41) is 23.7. The van der Waals surface area contributed by atoms with Crippen LogP contribution in [-0.4, -0.2) is 22.6 Å². The van der Waals surface area contributed by atoms with Crippen molar-refractivity contribution >= 4 is 12.4 Å². The molecule has 2 unspecified atom stereocenters. The summed E-state index contributed by atoms with van der Waals surface area (Å²) in [7, 11) is 0. The van der Waals surface area contributed by atoms with E-state index in [1.807, 2.05) is 36.7 Å². The van der Waals surface area contributed by atoms with Crippen LogP contribution in [0.3, 0.4) is 0 Å². The molecule has 0 heterocycles. The molecule has 2 aliphatic rings. The molecule has 270 valence electrons. The Hall–Kier alpha value is -5.74. The third-order valence-corrected chi connectivity index (χ3v) is 11.4. The van der Waals surface area contributed by atoms with Gasteiger partial charge < -0.3 is 10.2 Å². The molecular formula is C50H48N2O2. The third kappa shape index (κ3) is 7.01. The lowest BCUT2D eigenvalue weighted by molar-refractivity contribution is 0.464. The standard InChI is InChI=1S/C50H48N2O2/c1-31-23-32(2)26-41(25-31)47(51-29-39-17-15-37-19-21-43(45(37)49(39)53)35-11-7-5-8-12-35)48(42-27-33(3)24-34(4)28-42)52-30-40-18-16-38-20-22-44(46(38)50(40)54)36-13-9-6-10-14-36/h5-18,23-30,43-44,47-48,53-54H,19-22H2,1-4H3/t43-,44-,47?,48?/m0/s1. The Morgan fingerprint density at radius 1 is 0.500 bits per heavy atom. The minimum absolute atomic E-state index is 0.152. The zero-order valence-corrected chi connectivity index (χ0v) is 31.6. The molecular weight excluding hydrogens is 661 g/mol. The summed E-state index contributed by atoms with van der Waals surface area (Å²) in [6, 6.07) is 41.7. The molecule has 0 radical (unpaired) electrons. The van der Waals surface area contributed by atoms with E-state index in [2.05, 4.69) is 125 Å². The van der Waals surface area contributed by atoms with Crippen molar-refractivity contribution in [2.45, 2.75) is 77.3 Å². The topological polar surface area (TPSA) is 65.2 Å². The SMILES string of the molecule is Cc1cc(C)cc(C(N=Cc2ccc3c(c2O)[C@H](c2ccccc2)CC3)C(N=Cc2ccc3c(c2O)[C@H](c2ccccc2)CC3)c2cc(C)cc(C)c2)c1. The van der Waals surface area contributed by atoms with Gasteiger partial charge in [0.05, 0.1) is 0 Å². The van der Waals surface area contributed by atoms with Gasteiger partial charge >= 0.3 is 0 Å². The molecule has 0 saturated heterocycles. The first-order valence-electron chi connectivity index (χ1n) is 19.3. The first-order valence-corrected chi connectivity index (χ1v) is 19.3. The van der Waals surface area contributed by atoms with Crippen LogP contribution in [0.5, 0.6) is 11.5 Å². The number of fused-ring (bicyclic) bond motifs is 2. The highest BCUT2D eigenvalue weighted by Crippen LogP contribution is 2.46. The van der Waals surface area contributed by atoms with Crippen molar-refractivity contribution in [2.75, 3.05) is 0 Å². The van der Waals surface area contributed by atoms with Crippen LogP contribution < -0.4 is 0 Å². The molecule has 0 aliphatic heterocycles. The maximum Gasteiger partial charge on any atom is 0.128 e. The van der Waals surface area contributed by atoms with E-state index in [1.165, 1.54) is 22.3 Å². The second-order valence-electron chi connectivity index (χ2n) is 15.4. The van der Waals surface area contributed by atoms with Gasteiger partial charge in [-0.05, 0) is 98.9 Å². The van der Waals surface area contributed by atoms with Crippen molar-refractivity contribution in [2.24, 2.45) is 9.98 Å². The van der Waals surface area contributed by atoms with Crippen LogP contribution in [0.15, 0.2) is 131 Å². The average molecular weight is 709 g/mol. The Morgan fingerprint density at radius 2 is 0.870 bits per heavy atom. The van der Waals surface area contributed by atoms with Crippen molar-refractivity contribution in [3.63, 3.8) is 0 Å². The molecule has 4 atom stereocenters. The first-order chi connectivity index (χ1) is 26.2. The average Bonchev–Trinajstić information content (AvgIpc) is 3.80. The zero-order valence-electron chi connectivity index (χ0n) is 31.6. The third-order valence-electron chi connectivity index (χ3n) is 11.4. The second-order valence-corrected chi connectivity index (χ2v) is 15.4. The number of benzene rings is 6. The van der Waals surface area contributed by atoms with Gasteiger partial charge in [-0.3, -0.25) is 9.98 Å². The van der Waals surface area contributed by atoms with Crippen LogP contribution in [-0.2, 0) is 12.8 Å². The lowest BCUT2D eigenvalue weighted by Crippen LogP contribution is -2.11. The van der Waals surface area contributed by atoms with E-state index in [0.717, 1.165) is 70.2 Å². The van der Waals surface area contributed by atoms with E-state index in [4.69, 9.17) is 9.98 Å². The summed E-state index contributed by atoms with van der Waals surface area (Å²) >= 11 is 0. The molecule has 4 heteroatoms. The number of hydrogen-bond donors (Lipinski definition) is 2. The number of aromatic hydroxyl groups is 2. The van der Waals surface area contributed by atoms with Crippen LogP contribution in [0.1, 0.15) is 115 Å². The fourth-order valence-corrected chi connectivity index (χ4v) is 9.06. The van der Waals surface area contributed by atoms with Gasteiger partial charge in [-0.2, -0.15) is 0 Å². The minimum Gasteiger partial charge on any atom is -0.507 e. The predicted molar refractivity (Wildman–Crippen MR) is 222 cm³/mol. The van der Waals surface area contributed by atoms with Crippen LogP contribution >= 0.6 is 0 Å². The van der Waals surface area contributed by atoms with Crippen LogP contribution in [0.4, 0.5) is 0 Å². The maximum absolute atomic E-state index is 11.9. The van der Waals surface area contributed by atoms with E-state index in [9.17, 15) is 10.2 Å². The zero-order chi connectivity index (χ0) is 37.3. The summed E-state index contributed by atoms with van der Waals surface area (Å²) in [6.45, 7) is 8.48. The molecule has 0 saturated carbocycles. The molecule has 0 spiro atoms. The Kier molecular flexibility index (Phi) is 9.77. The van der Waals surface area contributed by atoms with Gasteiger partial charge in [0.2, 0.25) is 0 Å². The Bertz CT molecular complexity index is 2170. The fraction of sp³-hybridized carbons (Fsp3) is 0.240. The molecule has 4 nitrogen and oxygen atoms in total. The maximum atomic E-state index is 11.9. The Morgan fingerprint density at radius 3 is 1.24 bits per heavy atom. The number of phenols is 2. The smallest absolute Gasteiger partial charge is 0.128 e. The van der Waals surface area contributed by atoms with Crippen molar-refractivity contribution in [3.8, 4) is 11.5 Å². The summed E-state index contributed by atoms with van der Waals surface area (Å²) < 4.78 is 0. The number of phenolic OH excluding ortho intramolecular Hbond substituents is 2. The van der Waals surface area contributed by atoms with Crippen LogP contribution in [0.2, 0.25) is 0 Å². The van der Waals surface area contributed by atoms with Crippen LogP contribution in [0.25, 0.3) is 0 Å². The number of nitrogens with zero attached hydrogens (tertiary/aromatic N) is 2. The van der Waals surface area contributed by atoms with E-state index in [-0.39, 0.29) is 11.8 Å². The largest absolute Gasteiger partial charge is 0.507 e. The van der Waals surface area contributed by atoms with Gasteiger partial charge in [-0.1, -0.05) is 131 Å². The lowest BCUT2D eigenvalue weighted by Gasteiger charge is -2.24. The van der Waals surface area contributed by atoms with E-state index < -0.39 is 12.1 Å². The number of aryl methyl sites for hydroxylation is 6. The highest BCUT2D eigenvalue weighted by Gasteiger charge is 2.31. The molecule has 54 heavy (non-hydrogen) atoms. The number of hydrogen-bond acceptors (Lipinski definition) is 4. The van der Waals surface area contributed by atoms with Crippen molar-refractivity contribution in [1.29, 1.82) is 0 Å². The molecule has 2 aliphatic carbocycles. The number of aliphatic imine (C=N–C) groups is 2. The molecule has 0 fully saturated rings. The van der Waals surface area contributed by atoms with Crippen molar-refractivity contribution in [3.05, 3.63) is 199 Å². The summed E-state index contributed by atoms with van der Waals surface area (Å²) in [5.41, 5.74) is 15.0. The molecule has 0 bridgehead atoms. The monoisotopic (exact) mass is 708 g/mol. The van der Waals surface area contributed by atoms with Gasteiger partial charge in [-0.15, -0.1) is 0 Å². The molecule has 6 aromatic carbocycles. The predicted octanol–water partition coefficient (Wildman–Crippen LogP) is 11.5. The van der Waals surface area contributed by atoms with E-state index in [0.29, 0.717) is 22.6 Å². The normalized spacial score (nSPS) is 17.6. The minimum atomic E-state index is -0.410. The van der Waals surface area contributed by atoms with Crippen LogP contribution in [0, 0.1) is 27.7 Å². The highest BCUT2D eigenvalue weighted by atomic mass is 16.3. The van der Waals surface area contributed by atoms with E-state index in [1.54, 1.807) is 0 Å². The van der Waals surface area contributed by atoms with Gasteiger partial charge in [-0.25, -0.2) is 0 Å². The fourth-order valence-electron chi connectivity index (χ4n) is 9.06. The quantitative estimate of drug-likeness (QED) is 0.147. The molecule has 6 aromatic rings. The highest BCUT2D eigenvalue weighted by molar-refractivity contribution is 5.86. The lowest BCUT2D eigenvalue weighted by atomic mass is 9.90. The van der Waals surface area contributed by atoms with Gasteiger partial charge in [0.25, 0.3) is 0 Å². The van der Waals surface area contributed by atoms with Gasteiger partial charge in [0.1, 0.15) is 23.6 Å². The van der Waals surface area contributed by atoms with E-state index >= 15 is 0 Å². The van der Waals surface area contributed by atoms with Crippen molar-refractivity contribution < 1.29 is 10.2 Å².